The monoisotopic (exact) mass is 299 g/mol. The van der Waals surface area contributed by atoms with Gasteiger partial charge in [0.2, 0.25) is 11.9 Å². The summed E-state index contributed by atoms with van der Waals surface area (Å²) in [6.07, 6.45) is 3.40. The van der Waals surface area contributed by atoms with Gasteiger partial charge in [0.1, 0.15) is 11.1 Å². The standard InChI is InChI=1S/C13H22ClN5O/c1-4-6-15-12(20)9(3)18-11-10(14)8-17-13(19-11)16-7-5-2/h8-9H,4-7H2,1-3H3,(H,15,20)(H2,16,17,18,19). The van der Waals surface area contributed by atoms with E-state index in [1.54, 1.807) is 6.92 Å². The fraction of sp³-hybridized carbons (Fsp3) is 0.615. The van der Waals surface area contributed by atoms with Gasteiger partial charge in [0.25, 0.3) is 0 Å². The van der Waals surface area contributed by atoms with Gasteiger partial charge in [-0.2, -0.15) is 4.98 Å². The highest BCUT2D eigenvalue weighted by Crippen LogP contribution is 2.20. The molecule has 3 N–H and O–H groups in total. The van der Waals surface area contributed by atoms with Crippen LogP contribution in [0.4, 0.5) is 11.8 Å². The first-order chi connectivity index (χ1) is 9.58. The number of carbonyl (C=O) groups excluding carboxylic acids is 1. The van der Waals surface area contributed by atoms with Gasteiger partial charge in [-0.25, -0.2) is 4.98 Å². The van der Waals surface area contributed by atoms with Crippen molar-refractivity contribution >= 4 is 29.3 Å². The summed E-state index contributed by atoms with van der Waals surface area (Å²) in [7, 11) is 0. The predicted molar refractivity (Wildman–Crippen MR) is 82.2 cm³/mol. The van der Waals surface area contributed by atoms with Gasteiger partial charge in [0.05, 0.1) is 6.20 Å². The maximum atomic E-state index is 11.8. The Morgan fingerprint density at radius 3 is 2.70 bits per heavy atom. The van der Waals surface area contributed by atoms with E-state index in [0.29, 0.717) is 23.3 Å². The molecular weight excluding hydrogens is 278 g/mol. The fourth-order valence-electron chi connectivity index (χ4n) is 1.46. The molecule has 0 bridgehead atoms. The van der Waals surface area contributed by atoms with Crippen LogP contribution in [0.2, 0.25) is 5.02 Å². The lowest BCUT2D eigenvalue weighted by atomic mass is 10.3. The van der Waals surface area contributed by atoms with Crippen molar-refractivity contribution in [3.8, 4) is 0 Å². The zero-order chi connectivity index (χ0) is 15.0. The molecule has 0 aliphatic rings. The quantitative estimate of drug-likeness (QED) is 0.686. The van der Waals surface area contributed by atoms with Gasteiger partial charge in [-0.15, -0.1) is 0 Å². The van der Waals surface area contributed by atoms with Gasteiger partial charge in [0.15, 0.2) is 5.82 Å². The highest BCUT2D eigenvalue weighted by Gasteiger charge is 2.14. The number of amides is 1. The molecule has 1 atom stereocenters. The third kappa shape index (κ3) is 5.21. The minimum Gasteiger partial charge on any atom is -0.357 e. The van der Waals surface area contributed by atoms with Crippen LogP contribution in [0.15, 0.2) is 6.20 Å². The normalized spacial score (nSPS) is 11.8. The van der Waals surface area contributed by atoms with E-state index < -0.39 is 6.04 Å². The maximum Gasteiger partial charge on any atom is 0.242 e. The first-order valence-corrected chi connectivity index (χ1v) is 7.26. The highest BCUT2D eigenvalue weighted by molar-refractivity contribution is 6.32. The molecule has 1 rings (SSSR count). The molecule has 1 heterocycles. The molecular formula is C13H22ClN5O. The second kappa shape index (κ2) is 8.58. The van der Waals surface area contributed by atoms with E-state index in [-0.39, 0.29) is 5.91 Å². The lowest BCUT2D eigenvalue weighted by molar-refractivity contribution is -0.121. The third-order valence-electron chi connectivity index (χ3n) is 2.57. The number of nitrogens with zero attached hydrogens (tertiary/aromatic N) is 2. The summed E-state index contributed by atoms with van der Waals surface area (Å²) in [4.78, 5) is 20.1. The molecule has 1 aromatic heterocycles. The molecule has 1 amide bonds. The molecule has 0 spiro atoms. The number of rotatable bonds is 8. The van der Waals surface area contributed by atoms with Crippen LogP contribution in [0.3, 0.4) is 0 Å². The minimum atomic E-state index is -0.409. The van der Waals surface area contributed by atoms with Crippen molar-refractivity contribution in [3.63, 3.8) is 0 Å². The molecule has 0 radical (unpaired) electrons. The Kier molecular flexibility index (Phi) is 7.08. The lowest BCUT2D eigenvalue weighted by Crippen LogP contribution is -2.38. The Bertz CT molecular complexity index is 441. The summed E-state index contributed by atoms with van der Waals surface area (Å²) in [6.45, 7) is 7.27. The van der Waals surface area contributed by atoms with Crippen molar-refractivity contribution in [2.75, 3.05) is 23.7 Å². The van der Waals surface area contributed by atoms with Crippen LogP contribution in [0.5, 0.6) is 0 Å². The molecule has 112 valence electrons. The summed E-state index contributed by atoms with van der Waals surface area (Å²) in [5.41, 5.74) is 0. The lowest BCUT2D eigenvalue weighted by Gasteiger charge is -2.15. The molecule has 0 saturated heterocycles. The van der Waals surface area contributed by atoms with E-state index in [1.807, 2.05) is 6.92 Å². The van der Waals surface area contributed by atoms with Gasteiger partial charge in [0, 0.05) is 13.1 Å². The second-order valence-electron chi connectivity index (χ2n) is 4.47. The van der Waals surface area contributed by atoms with Crippen LogP contribution in [-0.2, 0) is 4.79 Å². The summed E-state index contributed by atoms with van der Waals surface area (Å²) >= 11 is 6.04. The smallest absolute Gasteiger partial charge is 0.242 e. The maximum absolute atomic E-state index is 11.8. The Hall–Kier alpha value is -1.56. The number of carbonyl (C=O) groups is 1. The molecule has 6 nitrogen and oxygen atoms in total. The van der Waals surface area contributed by atoms with Gasteiger partial charge < -0.3 is 16.0 Å². The Morgan fingerprint density at radius 2 is 2.05 bits per heavy atom. The summed E-state index contributed by atoms with van der Waals surface area (Å²) in [6, 6.07) is -0.409. The largest absolute Gasteiger partial charge is 0.357 e. The minimum absolute atomic E-state index is 0.0791. The van der Waals surface area contributed by atoms with E-state index in [1.165, 1.54) is 6.20 Å². The van der Waals surface area contributed by atoms with Crippen molar-refractivity contribution in [2.45, 2.75) is 39.7 Å². The van der Waals surface area contributed by atoms with Crippen LogP contribution in [0.25, 0.3) is 0 Å². The molecule has 7 heteroatoms. The Balaban J connectivity index is 2.67. The van der Waals surface area contributed by atoms with E-state index in [4.69, 9.17) is 11.6 Å². The van der Waals surface area contributed by atoms with Crippen LogP contribution in [0, 0.1) is 0 Å². The fourth-order valence-corrected chi connectivity index (χ4v) is 1.61. The SMILES string of the molecule is CCCNC(=O)C(C)Nc1nc(NCCC)ncc1Cl. The molecule has 0 fully saturated rings. The second-order valence-corrected chi connectivity index (χ2v) is 4.88. The zero-order valence-corrected chi connectivity index (χ0v) is 12.9. The topological polar surface area (TPSA) is 78.9 Å². The highest BCUT2D eigenvalue weighted by atomic mass is 35.5. The average Bonchev–Trinajstić information content (AvgIpc) is 2.45. The van der Waals surface area contributed by atoms with Crippen molar-refractivity contribution in [1.82, 2.24) is 15.3 Å². The summed E-state index contributed by atoms with van der Waals surface area (Å²) in [5, 5.41) is 9.29. The molecule has 20 heavy (non-hydrogen) atoms. The summed E-state index contributed by atoms with van der Waals surface area (Å²) < 4.78 is 0. The molecule has 1 unspecified atom stereocenters. The number of halogens is 1. The van der Waals surface area contributed by atoms with Gasteiger partial charge in [-0.1, -0.05) is 25.4 Å². The van der Waals surface area contributed by atoms with Crippen molar-refractivity contribution in [2.24, 2.45) is 0 Å². The Morgan fingerprint density at radius 1 is 1.35 bits per heavy atom. The number of aromatic nitrogens is 2. The van der Waals surface area contributed by atoms with Crippen molar-refractivity contribution < 1.29 is 4.79 Å². The number of nitrogens with one attached hydrogen (secondary N) is 3. The van der Waals surface area contributed by atoms with Crippen LogP contribution in [0.1, 0.15) is 33.6 Å². The third-order valence-corrected chi connectivity index (χ3v) is 2.85. The van der Waals surface area contributed by atoms with E-state index in [0.717, 1.165) is 19.4 Å². The first kappa shape index (κ1) is 16.5. The van der Waals surface area contributed by atoms with Crippen LogP contribution >= 0.6 is 11.6 Å². The Labute approximate surface area is 124 Å². The van der Waals surface area contributed by atoms with Gasteiger partial charge in [-0.05, 0) is 19.8 Å². The van der Waals surface area contributed by atoms with Crippen molar-refractivity contribution in [3.05, 3.63) is 11.2 Å². The number of anilines is 2. The molecule has 0 aliphatic carbocycles. The van der Waals surface area contributed by atoms with E-state index >= 15 is 0 Å². The first-order valence-electron chi connectivity index (χ1n) is 6.89. The van der Waals surface area contributed by atoms with E-state index in [2.05, 4.69) is 32.8 Å². The van der Waals surface area contributed by atoms with Gasteiger partial charge in [-0.3, -0.25) is 4.79 Å². The summed E-state index contributed by atoms with van der Waals surface area (Å²) in [5.74, 6) is 0.879. The number of hydrogen-bond acceptors (Lipinski definition) is 5. The average molecular weight is 300 g/mol. The van der Waals surface area contributed by atoms with Crippen molar-refractivity contribution in [1.29, 1.82) is 0 Å². The van der Waals surface area contributed by atoms with E-state index in [9.17, 15) is 4.79 Å². The van der Waals surface area contributed by atoms with Crippen LogP contribution in [-0.4, -0.2) is 35.0 Å². The van der Waals surface area contributed by atoms with Crippen LogP contribution < -0.4 is 16.0 Å². The number of hydrogen-bond donors (Lipinski definition) is 3. The zero-order valence-electron chi connectivity index (χ0n) is 12.2. The molecule has 0 aromatic carbocycles. The van der Waals surface area contributed by atoms with Gasteiger partial charge >= 0.3 is 0 Å². The molecule has 0 aliphatic heterocycles. The molecule has 0 saturated carbocycles. The molecule has 1 aromatic rings. The predicted octanol–water partition coefficient (Wildman–Crippen LogP) is 2.28.